The lowest BCUT2D eigenvalue weighted by atomic mass is 10.2. The van der Waals surface area contributed by atoms with Crippen LogP contribution in [-0.2, 0) is 9.63 Å². The largest absolute Gasteiger partial charge is 0.380 e. The molecule has 0 amide bonds. The van der Waals surface area contributed by atoms with Crippen LogP contribution in [-0.4, -0.2) is 11.8 Å². The first-order valence-corrected chi connectivity index (χ1v) is 4.35. The molecule has 0 heterocycles. The molecule has 4 nitrogen and oxygen atoms in total. The summed E-state index contributed by atoms with van der Waals surface area (Å²) >= 11 is 4.12. The van der Waals surface area contributed by atoms with Crippen molar-refractivity contribution in [3.05, 3.63) is 29.8 Å². The van der Waals surface area contributed by atoms with Crippen LogP contribution in [0.15, 0.2) is 34.3 Å². The Labute approximate surface area is 87.1 Å². The van der Waals surface area contributed by atoms with E-state index in [1.807, 2.05) is 0 Å². The molecule has 5 heteroatoms. The highest BCUT2D eigenvalue weighted by Gasteiger charge is 1.99. The van der Waals surface area contributed by atoms with Crippen LogP contribution in [0, 0.1) is 0 Å². The molecule has 0 aliphatic rings. The number of hydrogen-bond donors (Lipinski definition) is 2. The first-order valence-electron chi connectivity index (χ1n) is 3.90. The van der Waals surface area contributed by atoms with Gasteiger partial charge in [-0.1, -0.05) is 17.3 Å². The van der Waals surface area contributed by atoms with E-state index in [2.05, 4.69) is 22.6 Å². The average molecular weight is 210 g/mol. The second-order valence-corrected chi connectivity index (χ2v) is 3.12. The number of amidine groups is 1. The fourth-order valence-corrected chi connectivity index (χ4v) is 0.947. The molecule has 1 rings (SSSR count). The Hall–Kier alpha value is -1.49. The third-order valence-corrected chi connectivity index (χ3v) is 1.73. The van der Waals surface area contributed by atoms with Gasteiger partial charge in [0.25, 0.3) is 0 Å². The van der Waals surface area contributed by atoms with Gasteiger partial charge in [-0.2, -0.15) is 0 Å². The molecular weight excluding hydrogens is 200 g/mol. The third kappa shape index (κ3) is 3.10. The second kappa shape index (κ2) is 4.66. The van der Waals surface area contributed by atoms with Crippen molar-refractivity contribution in [3.63, 3.8) is 0 Å². The minimum Gasteiger partial charge on any atom is -0.380 e. The first kappa shape index (κ1) is 10.6. The van der Waals surface area contributed by atoms with E-state index in [1.54, 1.807) is 24.3 Å². The summed E-state index contributed by atoms with van der Waals surface area (Å²) in [5.74, 6) is -0.340. The molecule has 0 spiro atoms. The van der Waals surface area contributed by atoms with Crippen LogP contribution in [0.5, 0.6) is 0 Å². The number of carbonyl (C=O) groups is 1. The molecule has 0 aliphatic carbocycles. The lowest BCUT2D eigenvalue weighted by Crippen LogP contribution is -2.14. The predicted molar refractivity (Wildman–Crippen MR) is 56.2 cm³/mol. The topological polar surface area (TPSA) is 64.7 Å². The molecule has 0 saturated carbocycles. The Morgan fingerprint density at radius 2 is 2.00 bits per heavy atom. The van der Waals surface area contributed by atoms with Crippen LogP contribution in [0.3, 0.4) is 0 Å². The van der Waals surface area contributed by atoms with Crippen molar-refractivity contribution in [1.82, 2.24) is 0 Å². The van der Waals surface area contributed by atoms with Gasteiger partial charge in [-0.05, 0) is 12.1 Å². The highest BCUT2D eigenvalue weighted by Crippen LogP contribution is 2.07. The monoisotopic (exact) mass is 210 g/mol. The van der Waals surface area contributed by atoms with E-state index >= 15 is 0 Å². The molecule has 2 N–H and O–H groups in total. The molecule has 0 atom stereocenters. The minimum atomic E-state index is -0.501. The highest BCUT2D eigenvalue weighted by molar-refractivity contribution is 7.80. The quantitative estimate of drug-likeness (QED) is 0.253. The summed E-state index contributed by atoms with van der Waals surface area (Å²) in [7, 11) is 0. The molecule has 0 aliphatic heterocycles. The van der Waals surface area contributed by atoms with Gasteiger partial charge in [0.2, 0.25) is 0 Å². The molecule has 0 unspecified atom stereocenters. The number of thiol groups is 1. The molecule has 1 aromatic carbocycles. The van der Waals surface area contributed by atoms with Gasteiger partial charge in [0.1, 0.15) is 0 Å². The third-order valence-electron chi connectivity index (χ3n) is 1.44. The number of rotatable bonds is 2. The summed E-state index contributed by atoms with van der Waals surface area (Å²) in [5.41, 5.74) is 6.23. The van der Waals surface area contributed by atoms with E-state index in [0.29, 0.717) is 5.56 Å². The van der Waals surface area contributed by atoms with E-state index < -0.39 is 5.97 Å². The maximum Gasteiger partial charge on any atom is 0.332 e. The van der Waals surface area contributed by atoms with E-state index in [9.17, 15) is 4.79 Å². The summed E-state index contributed by atoms with van der Waals surface area (Å²) in [6.45, 7) is 1.26. The summed E-state index contributed by atoms with van der Waals surface area (Å²) < 4.78 is 0. The number of hydrogen-bond acceptors (Lipinski definition) is 4. The van der Waals surface area contributed by atoms with Crippen molar-refractivity contribution in [2.45, 2.75) is 11.8 Å². The number of oxime groups is 1. The van der Waals surface area contributed by atoms with Gasteiger partial charge in [-0.15, -0.1) is 12.6 Å². The molecule has 0 radical (unpaired) electrons. The van der Waals surface area contributed by atoms with Crippen LogP contribution >= 0.6 is 12.6 Å². The smallest absolute Gasteiger partial charge is 0.332 e. The standard InChI is InChI=1S/C9H10N2O2S/c1-6(12)13-11-9(10)7-2-4-8(14)5-3-7/h2-5,14H,1H3,(H2,10,11). The van der Waals surface area contributed by atoms with Gasteiger partial charge < -0.3 is 10.6 Å². The Bertz CT molecular complexity index is 360. The number of benzene rings is 1. The summed E-state index contributed by atoms with van der Waals surface area (Å²) in [5, 5.41) is 3.44. The normalized spacial score (nSPS) is 11.1. The predicted octanol–water partition coefficient (Wildman–Crippen LogP) is 1.16. The maximum atomic E-state index is 10.4. The lowest BCUT2D eigenvalue weighted by molar-refractivity contribution is -0.140. The summed E-state index contributed by atoms with van der Waals surface area (Å²) in [6.07, 6.45) is 0. The summed E-state index contributed by atoms with van der Waals surface area (Å²) in [4.78, 5) is 15.7. The maximum absolute atomic E-state index is 10.4. The molecule has 0 fully saturated rings. The van der Waals surface area contributed by atoms with Crippen molar-refractivity contribution < 1.29 is 9.63 Å². The van der Waals surface area contributed by atoms with Crippen molar-refractivity contribution >= 4 is 24.4 Å². The van der Waals surface area contributed by atoms with Crippen LogP contribution in [0.25, 0.3) is 0 Å². The second-order valence-electron chi connectivity index (χ2n) is 2.61. The van der Waals surface area contributed by atoms with Gasteiger partial charge in [-0.25, -0.2) is 4.79 Å². The van der Waals surface area contributed by atoms with Gasteiger partial charge in [0.05, 0.1) is 0 Å². The zero-order valence-electron chi connectivity index (χ0n) is 7.60. The number of carbonyl (C=O) groups excluding carboxylic acids is 1. The number of nitrogens with zero attached hydrogens (tertiary/aromatic N) is 1. The molecular formula is C9H10N2O2S. The van der Waals surface area contributed by atoms with Gasteiger partial charge >= 0.3 is 5.97 Å². The molecule has 14 heavy (non-hydrogen) atoms. The first-order chi connectivity index (χ1) is 6.59. The highest BCUT2D eigenvalue weighted by atomic mass is 32.1. The van der Waals surface area contributed by atoms with Crippen LogP contribution in [0.2, 0.25) is 0 Å². The van der Waals surface area contributed by atoms with Gasteiger partial charge in [0.15, 0.2) is 5.84 Å². The Kier molecular flexibility index (Phi) is 3.53. The summed E-state index contributed by atoms with van der Waals surface area (Å²) in [6, 6.07) is 7.03. The number of nitrogens with two attached hydrogens (primary N) is 1. The van der Waals surface area contributed by atoms with E-state index in [-0.39, 0.29) is 5.84 Å². The Balaban J connectivity index is 2.78. The van der Waals surface area contributed by atoms with Crippen LogP contribution in [0.1, 0.15) is 12.5 Å². The molecule has 74 valence electrons. The van der Waals surface area contributed by atoms with Gasteiger partial charge in [0, 0.05) is 17.4 Å². The van der Waals surface area contributed by atoms with E-state index in [4.69, 9.17) is 5.73 Å². The SMILES string of the molecule is CC(=O)O/N=C(\N)c1ccc(S)cc1. The fraction of sp³-hybridized carbons (Fsp3) is 0.111. The van der Waals surface area contributed by atoms with E-state index in [0.717, 1.165) is 4.90 Å². The lowest BCUT2D eigenvalue weighted by Gasteiger charge is -1.99. The van der Waals surface area contributed by atoms with Crippen molar-refractivity contribution in [3.8, 4) is 0 Å². The van der Waals surface area contributed by atoms with Gasteiger partial charge in [-0.3, -0.25) is 0 Å². The zero-order valence-corrected chi connectivity index (χ0v) is 8.49. The average Bonchev–Trinajstić information content (AvgIpc) is 2.15. The fourth-order valence-electron chi connectivity index (χ4n) is 0.798. The van der Waals surface area contributed by atoms with Crippen molar-refractivity contribution in [2.24, 2.45) is 10.9 Å². The van der Waals surface area contributed by atoms with E-state index in [1.165, 1.54) is 6.92 Å². The molecule has 0 saturated heterocycles. The van der Waals surface area contributed by atoms with Crippen LogP contribution in [0.4, 0.5) is 0 Å². The minimum absolute atomic E-state index is 0.161. The zero-order chi connectivity index (χ0) is 10.6. The molecule has 0 aromatic heterocycles. The Morgan fingerprint density at radius 1 is 1.43 bits per heavy atom. The van der Waals surface area contributed by atoms with Crippen molar-refractivity contribution in [1.29, 1.82) is 0 Å². The molecule has 0 bridgehead atoms. The molecule has 1 aromatic rings. The van der Waals surface area contributed by atoms with Crippen LogP contribution < -0.4 is 5.73 Å². The van der Waals surface area contributed by atoms with Crippen molar-refractivity contribution in [2.75, 3.05) is 0 Å². The Morgan fingerprint density at radius 3 is 2.50 bits per heavy atom.